The van der Waals surface area contributed by atoms with Crippen LogP contribution in [0.4, 0.5) is 5.69 Å². The van der Waals surface area contributed by atoms with Crippen molar-refractivity contribution in [3.63, 3.8) is 0 Å². The van der Waals surface area contributed by atoms with E-state index in [-0.39, 0.29) is 17.9 Å². The molecule has 4 heteroatoms. The van der Waals surface area contributed by atoms with E-state index in [0.717, 1.165) is 23.6 Å². The summed E-state index contributed by atoms with van der Waals surface area (Å²) in [6.07, 6.45) is 7.14. The molecule has 1 aliphatic heterocycles. The van der Waals surface area contributed by atoms with Crippen LogP contribution in [-0.4, -0.2) is 26.2 Å². The third-order valence-electron chi connectivity index (χ3n) is 4.56. The summed E-state index contributed by atoms with van der Waals surface area (Å²) >= 11 is 0. The van der Waals surface area contributed by atoms with Crippen molar-refractivity contribution in [2.45, 2.75) is 19.4 Å². The van der Waals surface area contributed by atoms with Gasteiger partial charge < -0.3 is 14.4 Å². The highest BCUT2D eigenvalue weighted by Gasteiger charge is 2.48. The molecule has 22 heavy (non-hydrogen) atoms. The van der Waals surface area contributed by atoms with Crippen molar-refractivity contribution in [3.05, 3.63) is 48.3 Å². The summed E-state index contributed by atoms with van der Waals surface area (Å²) in [6.45, 7) is 2.01. The number of rotatable bonds is 4. The van der Waals surface area contributed by atoms with Crippen molar-refractivity contribution in [1.82, 2.24) is 0 Å². The SMILES string of the molecule is COC1=CCC([C@@H]2[C@H](C)C(=O)N2c2ccc(OC)cc2)C=C1. The van der Waals surface area contributed by atoms with Gasteiger partial charge in [0.25, 0.3) is 0 Å². The molecule has 3 rings (SSSR count). The number of hydrogen-bond donors (Lipinski definition) is 0. The number of allylic oxidation sites excluding steroid dienone is 2. The molecule has 3 atom stereocenters. The molecule has 4 nitrogen and oxygen atoms in total. The Morgan fingerprint density at radius 3 is 2.41 bits per heavy atom. The zero-order valence-electron chi connectivity index (χ0n) is 13.2. The van der Waals surface area contributed by atoms with E-state index in [1.165, 1.54) is 0 Å². The van der Waals surface area contributed by atoms with Crippen molar-refractivity contribution in [2.75, 3.05) is 19.1 Å². The highest BCUT2D eigenvalue weighted by molar-refractivity contribution is 6.02. The molecule has 1 aliphatic carbocycles. The van der Waals surface area contributed by atoms with Gasteiger partial charge in [0.2, 0.25) is 5.91 Å². The van der Waals surface area contributed by atoms with Crippen molar-refractivity contribution < 1.29 is 14.3 Å². The zero-order valence-corrected chi connectivity index (χ0v) is 13.2. The third-order valence-corrected chi connectivity index (χ3v) is 4.56. The minimum atomic E-state index is 0.0502. The Morgan fingerprint density at radius 1 is 1.14 bits per heavy atom. The average molecular weight is 299 g/mol. The molecule has 0 saturated carbocycles. The van der Waals surface area contributed by atoms with Crippen LogP contribution in [0.1, 0.15) is 13.3 Å². The van der Waals surface area contributed by atoms with Gasteiger partial charge in [0, 0.05) is 11.6 Å². The Balaban J connectivity index is 1.80. The summed E-state index contributed by atoms with van der Waals surface area (Å²) in [5.41, 5.74) is 0.934. The van der Waals surface area contributed by atoms with Crippen LogP contribution in [-0.2, 0) is 9.53 Å². The second-order valence-electron chi connectivity index (χ2n) is 5.75. The molecule has 1 heterocycles. The molecule has 2 aliphatic rings. The van der Waals surface area contributed by atoms with Crippen molar-refractivity contribution in [1.29, 1.82) is 0 Å². The number of nitrogens with zero attached hydrogens (tertiary/aromatic N) is 1. The second-order valence-corrected chi connectivity index (χ2v) is 5.75. The van der Waals surface area contributed by atoms with E-state index in [9.17, 15) is 4.79 Å². The van der Waals surface area contributed by atoms with Crippen LogP contribution in [0.5, 0.6) is 5.75 Å². The molecule has 0 radical (unpaired) electrons. The van der Waals surface area contributed by atoms with Crippen molar-refractivity contribution in [2.24, 2.45) is 11.8 Å². The van der Waals surface area contributed by atoms with Crippen LogP contribution in [0, 0.1) is 11.8 Å². The largest absolute Gasteiger partial charge is 0.497 e. The first-order chi connectivity index (χ1) is 10.7. The van der Waals surface area contributed by atoms with Gasteiger partial charge in [0.05, 0.1) is 26.2 Å². The Bertz CT molecular complexity index is 618. The van der Waals surface area contributed by atoms with E-state index in [2.05, 4.69) is 12.2 Å². The zero-order chi connectivity index (χ0) is 15.7. The maximum atomic E-state index is 12.3. The van der Waals surface area contributed by atoms with Gasteiger partial charge in [-0.2, -0.15) is 0 Å². The van der Waals surface area contributed by atoms with Gasteiger partial charge in [0.1, 0.15) is 11.5 Å². The molecule has 0 aromatic heterocycles. The molecule has 0 bridgehead atoms. The van der Waals surface area contributed by atoms with Gasteiger partial charge in [-0.05, 0) is 42.8 Å². The Kier molecular flexibility index (Phi) is 3.92. The monoisotopic (exact) mass is 299 g/mol. The lowest BCUT2D eigenvalue weighted by atomic mass is 9.76. The van der Waals surface area contributed by atoms with E-state index in [1.54, 1.807) is 14.2 Å². The highest BCUT2D eigenvalue weighted by Crippen LogP contribution is 2.40. The molecule has 0 spiro atoms. The molecule has 1 unspecified atom stereocenters. The fourth-order valence-electron chi connectivity index (χ4n) is 3.28. The molecule has 1 aromatic carbocycles. The minimum absolute atomic E-state index is 0.0502. The molecule has 116 valence electrons. The fourth-order valence-corrected chi connectivity index (χ4v) is 3.28. The van der Waals surface area contributed by atoms with Crippen LogP contribution >= 0.6 is 0 Å². The Morgan fingerprint density at radius 2 is 1.86 bits per heavy atom. The van der Waals surface area contributed by atoms with Gasteiger partial charge in [-0.3, -0.25) is 4.79 Å². The van der Waals surface area contributed by atoms with Crippen LogP contribution in [0.3, 0.4) is 0 Å². The van der Waals surface area contributed by atoms with E-state index >= 15 is 0 Å². The number of anilines is 1. The fraction of sp³-hybridized carbons (Fsp3) is 0.389. The topological polar surface area (TPSA) is 38.8 Å². The number of benzene rings is 1. The molecular formula is C18H21NO3. The lowest BCUT2D eigenvalue weighted by Gasteiger charge is -2.49. The van der Waals surface area contributed by atoms with Crippen LogP contribution in [0.2, 0.25) is 0 Å². The van der Waals surface area contributed by atoms with Crippen LogP contribution in [0.15, 0.2) is 48.3 Å². The minimum Gasteiger partial charge on any atom is -0.497 e. The first-order valence-corrected chi connectivity index (χ1v) is 7.55. The lowest BCUT2D eigenvalue weighted by molar-refractivity contribution is -0.130. The quantitative estimate of drug-likeness (QED) is 0.802. The lowest BCUT2D eigenvalue weighted by Crippen LogP contribution is -2.63. The summed E-state index contributed by atoms with van der Waals surface area (Å²) in [4.78, 5) is 14.2. The normalized spacial score (nSPS) is 27.2. The number of carbonyl (C=O) groups excluding carboxylic acids is 1. The summed E-state index contributed by atoms with van der Waals surface area (Å²) < 4.78 is 10.4. The molecule has 1 aromatic rings. The summed E-state index contributed by atoms with van der Waals surface area (Å²) in [5.74, 6) is 2.25. The number of β-lactam (4-membered cyclic amide) rings is 1. The Hall–Kier alpha value is -2.23. The van der Waals surface area contributed by atoms with Gasteiger partial charge in [-0.25, -0.2) is 0 Å². The van der Waals surface area contributed by atoms with Gasteiger partial charge in [-0.15, -0.1) is 0 Å². The summed E-state index contributed by atoms with van der Waals surface area (Å²) in [7, 11) is 3.32. The first kappa shape index (κ1) is 14.7. The first-order valence-electron chi connectivity index (χ1n) is 7.55. The van der Waals surface area contributed by atoms with Crippen molar-refractivity contribution >= 4 is 11.6 Å². The number of methoxy groups -OCH3 is 2. The average Bonchev–Trinajstić information content (AvgIpc) is 2.59. The van der Waals surface area contributed by atoms with Gasteiger partial charge in [-0.1, -0.05) is 13.0 Å². The summed E-state index contributed by atoms with van der Waals surface area (Å²) in [6, 6.07) is 7.87. The van der Waals surface area contributed by atoms with E-state index in [1.807, 2.05) is 42.2 Å². The molecule has 0 N–H and O–H groups in total. The standard InChI is InChI=1S/C18H21NO3/c1-12-17(13-4-8-15(21-2)9-5-13)19(18(12)20)14-6-10-16(22-3)11-7-14/h4,6-13,17H,5H2,1-3H3/t12-,13?,17-/m0/s1. The smallest absolute Gasteiger partial charge is 0.232 e. The number of carbonyl (C=O) groups is 1. The highest BCUT2D eigenvalue weighted by atomic mass is 16.5. The number of hydrogen-bond acceptors (Lipinski definition) is 3. The maximum Gasteiger partial charge on any atom is 0.232 e. The van der Waals surface area contributed by atoms with E-state index < -0.39 is 0 Å². The predicted molar refractivity (Wildman–Crippen MR) is 85.8 cm³/mol. The molecule has 1 amide bonds. The maximum absolute atomic E-state index is 12.3. The molecular weight excluding hydrogens is 278 g/mol. The molecule has 1 saturated heterocycles. The third kappa shape index (κ3) is 2.39. The van der Waals surface area contributed by atoms with Gasteiger partial charge in [0.15, 0.2) is 0 Å². The van der Waals surface area contributed by atoms with E-state index in [0.29, 0.717) is 5.92 Å². The van der Waals surface area contributed by atoms with Crippen LogP contribution < -0.4 is 9.64 Å². The van der Waals surface area contributed by atoms with Crippen molar-refractivity contribution in [3.8, 4) is 5.75 Å². The number of amides is 1. The predicted octanol–water partition coefficient (Wildman–Crippen LogP) is 3.15. The molecule has 1 fully saturated rings. The second kappa shape index (κ2) is 5.87. The summed E-state index contributed by atoms with van der Waals surface area (Å²) in [5, 5.41) is 0. The van der Waals surface area contributed by atoms with Crippen LogP contribution in [0.25, 0.3) is 0 Å². The Labute approximate surface area is 131 Å². The van der Waals surface area contributed by atoms with E-state index in [4.69, 9.17) is 9.47 Å². The number of ether oxygens (including phenoxy) is 2. The van der Waals surface area contributed by atoms with Gasteiger partial charge >= 0.3 is 0 Å².